The second-order valence-corrected chi connectivity index (χ2v) is 10.2. The van der Waals surface area contributed by atoms with Crippen LogP contribution < -0.4 is 5.32 Å². The molecule has 5 nitrogen and oxygen atoms in total. The average Bonchev–Trinajstić information content (AvgIpc) is 2.69. The zero-order valence-electron chi connectivity index (χ0n) is 16.8. The maximum atomic E-state index is 12.7. The molecular formula is C22H27ClN2O3S. The van der Waals surface area contributed by atoms with Gasteiger partial charge in [0.15, 0.2) is 9.84 Å². The van der Waals surface area contributed by atoms with E-state index >= 15 is 0 Å². The van der Waals surface area contributed by atoms with Crippen molar-refractivity contribution in [3.05, 3.63) is 64.7 Å². The van der Waals surface area contributed by atoms with Crippen molar-refractivity contribution in [1.82, 2.24) is 10.2 Å². The van der Waals surface area contributed by atoms with Gasteiger partial charge in [0, 0.05) is 23.7 Å². The highest BCUT2D eigenvalue weighted by Gasteiger charge is 2.26. The topological polar surface area (TPSA) is 66.5 Å². The van der Waals surface area contributed by atoms with Crippen LogP contribution in [0.5, 0.6) is 0 Å². The average molecular weight is 435 g/mol. The van der Waals surface area contributed by atoms with Gasteiger partial charge in [-0.2, -0.15) is 0 Å². The first kappa shape index (κ1) is 21.8. The van der Waals surface area contributed by atoms with Crippen LogP contribution in [0.4, 0.5) is 0 Å². The molecule has 0 bridgehead atoms. The summed E-state index contributed by atoms with van der Waals surface area (Å²) >= 11 is 5.94. The van der Waals surface area contributed by atoms with Gasteiger partial charge >= 0.3 is 0 Å². The van der Waals surface area contributed by atoms with Crippen molar-refractivity contribution in [2.75, 3.05) is 19.3 Å². The first-order valence-electron chi connectivity index (χ1n) is 9.79. The number of piperidine rings is 1. The summed E-state index contributed by atoms with van der Waals surface area (Å²) < 4.78 is 23.2. The Morgan fingerprint density at radius 3 is 2.24 bits per heavy atom. The van der Waals surface area contributed by atoms with Crippen LogP contribution >= 0.6 is 11.6 Å². The molecule has 1 aliphatic rings. The van der Waals surface area contributed by atoms with E-state index in [4.69, 9.17) is 11.6 Å². The predicted molar refractivity (Wildman–Crippen MR) is 116 cm³/mol. The standard InChI is InChI=1S/C22H27ClN2O3S/c1-16(18-5-9-21(10-6-18)29(2,27)28)24-22(26)19-11-13-25(14-12-19)15-17-3-7-20(23)8-4-17/h3-10,16,19H,11-15H2,1-2H3,(H,24,26). The highest BCUT2D eigenvalue weighted by atomic mass is 35.5. The second kappa shape index (κ2) is 9.28. The molecule has 2 aromatic rings. The van der Waals surface area contributed by atoms with Crippen LogP contribution in [-0.4, -0.2) is 38.6 Å². The summed E-state index contributed by atoms with van der Waals surface area (Å²) in [5.41, 5.74) is 2.12. The SMILES string of the molecule is CC(NC(=O)C1CCN(Cc2ccc(Cl)cc2)CC1)c1ccc(S(C)(=O)=O)cc1. The molecule has 2 aromatic carbocycles. The zero-order valence-corrected chi connectivity index (χ0v) is 18.3. The van der Waals surface area contributed by atoms with Gasteiger partial charge in [-0.05, 0) is 68.2 Å². The van der Waals surface area contributed by atoms with Gasteiger partial charge in [-0.3, -0.25) is 9.69 Å². The molecule has 0 spiro atoms. The molecule has 7 heteroatoms. The molecular weight excluding hydrogens is 408 g/mol. The van der Waals surface area contributed by atoms with Gasteiger partial charge in [-0.1, -0.05) is 35.9 Å². The fraction of sp³-hybridized carbons (Fsp3) is 0.409. The Bertz CT molecular complexity index is 935. The number of hydrogen-bond acceptors (Lipinski definition) is 4. The number of hydrogen-bond donors (Lipinski definition) is 1. The van der Waals surface area contributed by atoms with Crippen molar-refractivity contribution in [2.45, 2.75) is 37.2 Å². The van der Waals surface area contributed by atoms with Crippen molar-refractivity contribution >= 4 is 27.3 Å². The van der Waals surface area contributed by atoms with Crippen molar-refractivity contribution in [1.29, 1.82) is 0 Å². The summed E-state index contributed by atoms with van der Waals surface area (Å²) in [6.07, 6.45) is 2.85. The largest absolute Gasteiger partial charge is 0.349 e. The smallest absolute Gasteiger partial charge is 0.223 e. The summed E-state index contributed by atoms with van der Waals surface area (Å²) in [7, 11) is -3.21. The molecule has 1 N–H and O–H groups in total. The number of halogens is 1. The van der Waals surface area contributed by atoms with Crippen molar-refractivity contribution < 1.29 is 13.2 Å². The van der Waals surface area contributed by atoms with Gasteiger partial charge in [0.2, 0.25) is 5.91 Å². The van der Waals surface area contributed by atoms with E-state index in [0.29, 0.717) is 0 Å². The maximum Gasteiger partial charge on any atom is 0.223 e. The third-order valence-electron chi connectivity index (χ3n) is 5.44. The van der Waals surface area contributed by atoms with Crippen molar-refractivity contribution in [3.8, 4) is 0 Å². The Morgan fingerprint density at radius 2 is 1.69 bits per heavy atom. The van der Waals surface area contributed by atoms with E-state index in [1.807, 2.05) is 31.2 Å². The third kappa shape index (κ3) is 6.04. The predicted octanol–water partition coefficient (Wildman–Crippen LogP) is 3.83. The lowest BCUT2D eigenvalue weighted by atomic mass is 9.95. The second-order valence-electron chi connectivity index (χ2n) is 7.75. The number of carbonyl (C=O) groups is 1. The van der Waals surface area contributed by atoms with Gasteiger partial charge in [0.25, 0.3) is 0 Å². The highest BCUT2D eigenvalue weighted by Crippen LogP contribution is 2.22. The number of benzene rings is 2. The van der Waals surface area contributed by atoms with Gasteiger partial charge in [-0.25, -0.2) is 8.42 Å². The van der Waals surface area contributed by atoms with Gasteiger partial charge in [0.1, 0.15) is 0 Å². The third-order valence-corrected chi connectivity index (χ3v) is 6.83. The minimum atomic E-state index is -3.21. The molecule has 1 saturated heterocycles. The molecule has 0 aromatic heterocycles. The Kier molecular flexibility index (Phi) is 6.98. The van der Waals surface area contributed by atoms with Crippen LogP contribution in [0.1, 0.15) is 36.9 Å². The number of carbonyl (C=O) groups excluding carboxylic acids is 1. The molecule has 0 saturated carbocycles. The van der Waals surface area contributed by atoms with Crippen LogP contribution in [0.25, 0.3) is 0 Å². The van der Waals surface area contributed by atoms with Crippen LogP contribution in [0.15, 0.2) is 53.4 Å². The zero-order chi connectivity index (χ0) is 21.0. The number of sulfone groups is 1. The number of nitrogens with zero attached hydrogens (tertiary/aromatic N) is 1. The van der Waals surface area contributed by atoms with Crippen LogP contribution in [0, 0.1) is 5.92 Å². The van der Waals surface area contributed by atoms with E-state index in [1.54, 1.807) is 24.3 Å². The van der Waals surface area contributed by atoms with E-state index in [1.165, 1.54) is 11.8 Å². The molecule has 0 aliphatic carbocycles. The summed E-state index contributed by atoms with van der Waals surface area (Å²) in [5.74, 6) is 0.0741. The minimum Gasteiger partial charge on any atom is -0.349 e. The van der Waals surface area contributed by atoms with Crippen molar-refractivity contribution in [2.24, 2.45) is 5.92 Å². The summed E-state index contributed by atoms with van der Waals surface area (Å²) in [4.78, 5) is 15.3. The molecule has 1 fully saturated rings. The first-order chi connectivity index (χ1) is 13.7. The number of likely N-dealkylation sites (tertiary alicyclic amines) is 1. The number of nitrogens with one attached hydrogen (secondary N) is 1. The monoisotopic (exact) mass is 434 g/mol. The Morgan fingerprint density at radius 1 is 1.10 bits per heavy atom. The minimum absolute atomic E-state index is 0.00853. The van der Waals surface area contributed by atoms with E-state index in [-0.39, 0.29) is 22.8 Å². The fourth-order valence-electron chi connectivity index (χ4n) is 3.62. The molecule has 156 valence electrons. The maximum absolute atomic E-state index is 12.7. The molecule has 29 heavy (non-hydrogen) atoms. The van der Waals surface area contributed by atoms with E-state index < -0.39 is 9.84 Å². The quantitative estimate of drug-likeness (QED) is 0.750. The van der Waals surface area contributed by atoms with Crippen LogP contribution in [-0.2, 0) is 21.2 Å². The van der Waals surface area contributed by atoms with Crippen molar-refractivity contribution in [3.63, 3.8) is 0 Å². The number of amides is 1. The van der Waals surface area contributed by atoms with E-state index in [0.717, 1.165) is 43.1 Å². The molecule has 1 heterocycles. The summed E-state index contributed by atoms with van der Waals surface area (Å²) in [5, 5.41) is 3.81. The molecule has 1 atom stereocenters. The van der Waals surface area contributed by atoms with Crippen LogP contribution in [0.3, 0.4) is 0 Å². The Balaban J connectivity index is 1.49. The molecule has 1 unspecified atom stereocenters. The molecule has 1 amide bonds. The number of rotatable bonds is 6. The normalized spacial score (nSPS) is 17.1. The van der Waals surface area contributed by atoms with E-state index in [9.17, 15) is 13.2 Å². The van der Waals surface area contributed by atoms with Gasteiger partial charge in [0.05, 0.1) is 10.9 Å². The van der Waals surface area contributed by atoms with Gasteiger partial charge in [-0.15, -0.1) is 0 Å². The van der Waals surface area contributed by atoms with Gasteiger partial charge < -0.3 is 5.32 Å². The molecule has 3 rings (SSSR count). The summed E-state index contributed by atoms with van der Waals surface area (Å²) in [6.45, 7) is 4.56. The highest BCUT2D eigenvalue weighted by molar-refractivity contribution is 7.90. The lowest BCUT2D eigenvalue weighted by molar-refractivity contribution is -0.127. The Hall–Kier alpha value is -1.89. The first-order valence-corrected chi connectivity index (χ1v) is 12.1. The van der Waals surface area contributed by atoms with E-state index in [2.05, 4.69) is 10.2 Å². The Labute approximate surface area is 178 Å². The lowest BCUT2D eigenvalue weighted by Crippen LogP contribution is -2.40. The molecule has 0 radical (unpaired) electrons. The van der Waals surface area contributed by atoms with Crippen LogP contribution in [0.2, 0.25) is 5.02 Å². The lowest BCUT2D eigenvalue weighted by Gasteiger charge is -2.32. The molecule has 1 aliphatic heterocycles. The fourth-order valence-corrected chi connectivity index (χ4v) is 4.38. The summed E-state index contributed by atoms with van der Waals surface area (Å²) in [6, 6.07) is 14.4.